The van der Waals surface area contributed by atoms with E-state index >= 15 is 0 Å². The van der Waals surface area contributed by atoms with Crippen LogP contribution in [-0.4, -0.2) is 4.70 Å². The molecular weight excluding hydrogens is 713 g/mol. The number of rotatable bonds is 37. The molecule has 0 atom stereocenters. The third-order valence-corrected chi connectivity index (χ3v) is 13.1. The number of nitrogens with zero attached hydrogens (tertiary/aromatic N) is 2. The van der Waals surface area contributed by atoms with Gasteiger partial charge in [0.25, 0.3) is 0 Å². The highest BCUT2D eigenvalue weighted by Crippen LogP contribution is 2.45. The van der Waals surface area contributed by atoms with Gasteiger partial charge in [-0.2, -0.15) is 0 Å². The summed E-state index contributed by atoms with van der Waals surface area (Å²) in [6, 6.07) is 14.2. The van der Waals surface area contributed by atoms with Crippen LogP contribution in [0.25, 0.3) is 16.9 Å². The first-order valence-electron chi connectivity index (χ1n) is 26.1. The van der Waals surface area contributed by atoms with Crippen molar-refractivity contribution in [3.05, 3.63) is 86.5 Å². The van der Waals surface area contributed by atoms with E-state index in [1.54, 1.807) is 4.70 Å². The molecule has 0 saturated carbocycles. The van der Waals surface area contributed by atoms with Gasteiger partial charge in [0.2, 0.25) is 11.4 Å². The minimum Gasteiger partial charge on any atom is -0.493 e. The molecule has 0 aromatic heterocycles. The van der Waals surface area contributed by atoms with Crippen molar-refractivity contribution in [2.45, 2.75) is 266 Å². The Morgan fingerprint density at radius 3 is 0.983 bits per heavy atom. The summed E-state index contributed by atoms with van der Waals surface area (Å²) in [6.07, 6.45) is 46.5. The Labute approximate surface area is 367 Å². The molecule has 1 aliphatic heterocycles. The molecule has 59 heavy (non-hydrogen) atoms. The molecule has 0 radical (unpaired) electrons. The summed E-state index contributed by atoms with van der Waals surface area (Å²) in [5.74, 6) is 0. The lowest BCUT2D eigenvalue weighted by Crippen LogP contribution is -2.05. The van der Waals surface area contributed by atoms with Crippen molar-refractivity contribution >= 4 is 11.4 Å². The normalized spacial score (nSPS) is 13.2. The first-order chi connectivity index (χ1) is 28.9. The Balaban J connectivity index is 1.59. The van der Waals surface area contributed by atoms with Crippen molar-refractivity contribution in [1.82, 2.24) is 0 Å². The van der Waals surface area contributed by atoms with E-state index in [9.17, 15) is 5.53 Å². The van der Waals surface area contributed by atoms with Gasteiger partial charge in [0.1, 0.15) is 0 Å². The minimum absolute atomic E-state index is 1.03. The van der Waals surface area contributed by atoms with E-state index < -0.39 is 0 Å². The number of hydrogen-bond acceptors (Lipinski definition) is 0. The molecule has 0 fully saturated rings. The molecule has 1 aliphatic rings. The highest BCUT2D eigenvalue weighted by atomic mass is 15.2. The Bertz CT molecular complexity index is 1440. The smallest absolute Gasteiger partial charge is 0.211 e. The van der Waals surface area contributed by atoms with Crippen molar-refractivity contribution in [2.24, 2.45) is 0 Å². The Morgan fingerprint density at radius 1 is 0.322 bits per heavy atom. The lowest BCUT2D eigenvalue weighted by molar-refractivity contribution is -0.345. The third-order valence-electron chi connectivity index (χ3n) is 13.1. The van der Waals surface area contributed by atoms with Gasteiger partial charge in [0.15, 0.2) is 0 Å². The van der Waals surface area contributed by atoms with Crippen LogP contribution >= 0.6 is 0 Å². The number of allylic oxidation sites excluding steroid dienone is 2. The van der Waals surface area contributed by atoms with Crippen molar-refractivity contribution < 1.29 is 4.70 Å². The minimum atomic E-state index is 1.03. The molecule has 0 amide bonds. The third kappa shape index (κ3) is 20.3. The summed E-state index contributed by atoms with van der Waals surface area (Å²) in [4.78, 5) is 0. The van der Waals surface area contributed by atoms with Crippen molar-refractivity contribution in [2.75, 3.05) is 0 Å². The van der Waals surface area contributed by atoms with E-state index in [0.717, 1.165) is 49.9 Å². The van der Waals surface area contributed by atoms with Gasteiger partial charge < -0.3 is 5.53 Å². The first kappa shape index (κ1) is 50.9. The fourth-order valence-corrected chi connectivity index (χ4v) is 9.68. The van der Waals surface area contributed by atoms with E-state index in [0.29, 0.717) is 0 Å². The fourth-order valence-electron chi connectivity index (χ4n) is 9.68. The molecular formula is C57H94N2. The standard InChI is InChI=1S/C57H94N2/c1-7-11-15-18-19-20-21-22-23-24-25-26-27-28-29-30-31-32-33-34-37-41-55-54(40-14-10-4)57(59(58)56(55)52-43-48(5)42-49(6)44-52)53-46-50(38-35-16-12-8-2)45-51(47-53)39-36-17-13-9-3/h42-47H,7-41H2,1-6H3. The summed E-state index contributed by atoms with van der Waals surface area (Å²) >= 11 is 0. The van der Waals surface area contributed by atoms with E-state index in [-0.39, 0.29) is 0 Å². The van der Waals surface area contributed by atoms with Gasteiger partial charge in [-0.1, -0.05) is 224 Å². The molecule has 2 nitrogen and oxygen atoms in total. The summed E-state index contributed by atoms with van der Waals surface area (Å²) in [5, 5.41) is 0. The lowest BCUT2D eigenvalue weighted by Gasteiger charge is -2.14. The largest absolute Gasteiger partial charge is 0.493 e. The van der Waals surface area contributed by atoms with E-state index in [1.807, 2.05) is 0 Å². The molecule has 0 aliphatic carbocycles. The van der Waals surface area contributed by atoms with E-state index in [1.165, 1.54) is 231 Å². The van der Waals surface area contributed by atoms with Gasteiger partial charge in [-0.3, -0.25) is 0 Å². The van der Waals surface area contributed by atoms with Crippen LogP contribution in [0.2, 0.25) is 0 Å². The van der Waals surface area contributed by atoms with Crippen molar-refractivity contribution in [3.63, 3.8) is 0 Å². The molecule has 2 aromatic rings. The second-order valence-electron chi connectivity index (χ2n) is 18.9. The average molecular weight is 807 g/mol. The second-order valence-corrected chi connectivity index (χ2v) is 18.9. The number of unbranched alkanes of at least 4 members (excludes halogenated alkanes) is 27. The molecule has 1 heterocycles. The van der Waals surface area contributed by atoms with Gasteiger partial charge in [0, 0.05) is 22.3 Å². The van der Waals surface area contributed by atoms with Gasteiger partial charge in [-0.25, -0.2) is 4.70 Å². The average Bonchev–Trinajstić information content (AvgIpc) is 3.50. The number of benzene rings is 2. The number of aryl methyl sites for hydroxylation is 4. The van der Waals surface area contributed by atoms with Crippen LogP contribution in [0, 0.1) is 13.8 Å². The van der Waals surface area contributed by atoms with Crippen LogP contribution in [0.3, 0.4) is 0 Å². The second kappa shape index (κ2) is 32.3. The Morgan fingerprint density at radius 2 is 0.610 bits per heavy atom. The molecule has 2 heteroatoms. The highest BCUT2D eigenvalue weighted by molar-refractivity contribution is 5.82. The molecule has 3 rings (SSSR count). The molecule has 332 valence electrons. The summed E-state index contributed by atoms with van der Waals surface area (Å²) in [5.41, 5.74) is 25.2. The zero-order valence-electron chi connectivity index (χ0n) is 40.1. The monoisotopic (exact) mass is 807 g/mol. The van der Waals surface area contributed by atoms with Gasteiger partial charge in [0.05, 0.1) is 0 Å². The summed E-state index contributed by atoms with van der Waals surface area (Å²) in [6.45, 7) is 13.6. The van der Waals surface area contributed by atoms with Gasteiger partial charge in [-0.15, -0.1) is 0 Å². The molecule has 0 N–H and O–H groups in total. The quantitative estimate of drug-likeness (QED) is 0.0480. The molecule has 0 unspecified atom stereocenters. The zero-order valence-corrected chi connectivity index (χ0v) is 40.1. The summed E-state index contributed by atoms with van der Waals surface area (Å²) < 4.78 is 1.64. The van der Waals surface area contributed by atoms with Crippen LogP contribution in [0.15, 0.2) is 47.5 Å². The first-order valence-corrected chi connectivity index (χ1v) is 26.1. The highest BCUT2D eigenvalue weighted by Gasteiger charge is 2.35. The predicted octanol–water partition coefficient (Wildman–Crippen LogP) is 19.5. The van der Waals surface area contributed by atoms with Crippen LogP contribution in [0.1, 0.15) is 273 Å². The molecule has 2 aromatic carbocycles. The fraction of sp³-hybridized carbons (Fsp3) is 0.719. The number of hydrogen-bond donors (Lipinski definition) is 0. The van der Waals surface area contributed by atoms with E-state index in [4.69, 9.17) is 0 Å². The van der Waals surface area contributed by atoms with Crippen molar-refractivity contribution in [1.29, 1.82) is 0 Å². The maximum absolute atomic E-state index is 12.4. The SMILES string of the molecule is CCCCCCCCCCCCCCCCCCCCCCCC1=C(c2cc(C)cc(C)c2)[N+](=[N-])C(c2cc(CCCCCC)cc(CCCCCC)c2)=C1CCCC. The van der Waals surface area contributed by atoms with Gasteiger partial charge in [-0.05, 0) is 101 Å². The predicted molar refractivity (Wildman–Crippen MR) is 262 cm³/mol. The zero-order chi connectivity index (χ0) is 42.3. The van der Waals surface area contributed by atoms with Crippen molar-refractivity contribution in [3.8, 4) is 0 Å². The van der Waals surface area contributed by atoms with Crippen LogP contribution in [-0.2, 0) is 12.8 Å². The lowest BCUT2D eigenvalue weighted by atomic mass is 9.90. The maximum Gasteiger partial charge on any atom is 0.211 e. The van der Waals surface area contributed by atoms with E-state index in [2.05, 4.69) is 77.9 Å². The van der Waals surface area contributed by atoms with Crippen LogP contribution < -0.4 is 0 Å². The Hall–Kier alpha value is -2.48. The molecule has 0 spiro atoms. The molecule has 0 saturated heterocycles. The summed E-state index contributed by atoms with van der Waals surface area (Å²) in [7, 11) is 0. The molecule has 0 bridgehead atoms. The topological polar surface area (TPSA) is 25.3 Å². The van der Waals surface area contributed by atoms with Crippen LogP contribution in [0.4, 0.5) is 0 Å². The van der Waals surface area contributed by atoms with Crippen LogP contribution in [0.5, 0.6) is 0 Å². The maximum atomic E-state index is 12.4. The Kier molecular flexibility index (Phi) is 27.8. The van der Waals surface area contributed by atoms with Gasteiger partial charge >= 0.3 is 0 Å².